The predicted octanol–water partition coefficient (Wildman–Crippen LogP) is 9.26. The fourth-order valence-corrected chi connectivity index (χ4v) is 10.8. The second-order valence-corrected chi connectivity index (χ2v) is 15.4. The Labute approximate surface area is 297 Å². The number of pyridine rings is 3. The average molecular weight is 665 g/mol. The molecule has 0 saturated carbocycles. The number of nitrogens with zero attached hydrogens (tertiary/aromatic N) is 3. The van der Waals surface area contributed by atoms with Crippen molar-refractivity contribution in [3.63, 3.8) is 0 Å². The van der Waals surface area contributed by atoms with Crippen LogP contribution in [0.2, 0.25) is 0 Å². The normalized spacial score (nSPS) is 18.7. The Morgan fingerprint density at radius 2 is 1.12 bits per heavy atom. The Kier molecular flexibility index (Phi) is 6.06. The van der Waals surface area contributed by atoms with Gasteiger partial charge in [0.05, 0.1) is 16.7 Å². The van der Waals surface area contributed by atoms with E-state index in [0.717, 1.165) is 0 Å². The van der Waals surface area contributed by atoms with Crippen molar-refractivity contribution in [2.75, 3.05) is 0 Å². The van der Waals surface area contributed by atoms with Gasteiger partial charge < -0.3 is 0 Å². The molecule has 4 aromatic carbocycles. The van der Waals surface area contributed by atoms with Crippen LogP contribution in [-0.4, -0.2) is 0 Å². The summed E-state index contributed by atoms with van der Waals surface area (Å²) in [6, 6.07) is 50.5. The summed E-state index contributed by atoms with van der Waals surface area (Å²) in [7, 11) is 2.19. The number of fused-ring (bicyclic) bond motifs is 12. The maximum absolute atomic E-state index is 2.68. The van der Waals surface area contributed by atoms with Crippen LogP contribution in [0, 0.1) is 20.8 Å². The van der Waals surface area contributed by atoms with Crippen molar-refractivity contribution in [3.05, 3.63) is 173 Å². The van der Waals surface area contributed by atoms with Crippen LogP contribution in [0.5, 0.6) is 0 Å². The first-order chi connectivity index (χ1) is 24.3. The average Bonchev–Trinajstić information content (AvgIpc) is 3.66. The van der Waals surface area contributed by atoms with Gasteiger partial charge >= 0.3 is 0 Å². The molecule has 0 radical (unpaired) electrons. The third-order valence-electron chi connectivity index (χ3n) is 11.7. The van der Waals surface area contributed by atoms with E-state index < -0.39 is 11.1 Å². The molecule has 2 aliphatic rings. The largest absolute Gasteiger partial charge is 0.288 e. The first-order valence-electron chi connectivity index (χ1n) is 17.5. The lowest BCUT2D eigenvalue weighted by Gasteiger charge is -2.44. The Hall–Kier alpha value is -5.45. The van der Waals surface area contributed by atoms with E-state index >= 15 is 0 Å². The predicted molar refractivity (Wildman–Crippen MR) is 203 cm³/mol. The van der Waals surface area contributed by atoms with Gasteiger partial charge in [0.2, 0.25) is 17.1 Å². The molecule has 0 amide bonds. The molecule has 0 saturated heterocycles. The third kappa shape index (κ3) is 3.56. The summed E-state index contributed by atoms with van der Waals surface area (Å²) in [5.74, 6) is 0. The van der Waals surface area contributed by atoms with Gasteiger partial charge in [-0.3, -0.25) is 0 Å². The highest BCUT2D eigenvalue weighted by molar-refractivity contribution is 7.25. The van der Waals surface area contributed by atoms with Crippen molar-refractivity contribution in [2.24, 2.45) is 7.05 Å². The van der Waals surface area contributed by atoms with Crippen LogP contribution in [0.4, 0.5) is 0 Å². The molecule has 0 bridgehead atoms. The molecule has 2 unspecified atom stereocenters. The van der Waals surface area contributed by atoms with Crippen LogP contribution < -0.4 is 13.7 Å². The smallest absolute Gasteiger partial charge is 0.201 e. The van der Waals surface area contributed by atoms with Crippen molar-refractivity contribution < 1.29 is 13.7 Å². The fraction of sp³-hybridized carbons (Fsp3) is 0.152. The Balaban J connectivity index is 1.49. The van der Waals surface area contributed by atoms with E-state index in [-0.39, 0.29) is 0 Å². The lowest BCUT2D eigenvalue weighted by molar-refractivity contribution is -0.849. The summed E-state index contributed by atoms with van der Waals surface area (Å²) in [4.78, 5) is 0. The molecule has 6 heterocycles. The van der Waals surface area contributed by atoms with E-state index in [9.17, 15) is 0 Å². The number of aryl methyl sites for hydroxylation is 4. The maximum atomic E-state index is 2.68. The van der Waals surface area contributed by atoms with E-state index in [1.54, 1.807) is 0 Å². The van der Waals surface area contributed by atoms with Crippen molar-refractivity contribution in [2.45, 2.75) is 38.8 Å². The van der Waals surface area contributed by atoms with Gasteiger partial charge in [-0.2, -0.15) is 9.13 Å². The molecule has 8 aromatic rings. The van der Waals surface area contributed by atoms with Gasteiger partial charge in [0.1, 0.15) is 7.05 Å². The van der Waals surface area contributed by atoms with Gasteiger partial charge in [0.15, 0.2) is 17.6 Å². The quantitative estimate of drug-likeness (QED) is 0.163. The lowest BCUT2D eigenvalue weighted by atomic mass is 9.61. The van der Waals surface area contributed by atoms with Gasteiger partial charge in [-0.25, -0.2) is 4.57 Å². The zero-order chi connectivity index (χ0) is 33.9. The molecule has 0 fully saturated rings. The zero-order valence-electron chi connectivity index (χ0n) is 29.0. The summed E-state index contributed by atoms with van der Waals surface area (Å²) in [5.41, 5.74) is 14.0. The maximum Gasteiger partial charge on any atom is 0.288 e. The number of rotatable bonds is 2. The van der Waals surface area contributed by atoms with Crippen LogP contribution in [-0.2, 0) is 18.1 Å². The van der Waals surface area contributed by atoms with E-state index in [1.165, 1.54) is 87.6 Å². The SMILES string of the molecule is Cc1cc[n+](C)c(-c2cc3c(cc2C2(C)[n+]4c(C)cccc4-c4ccccc4C24c2ccccc2-c2cccc(C)[n+]24)sc2ccccc23)c1. The second kappa shape index (κ2) is 10.3. The zero-order valence-corrected chi connectivity index (χ0v) is 29.8. The van der Waals surface area contributed by atoms with E-state index in [0.29, 0.717) is 0 Å². The van der Waals surface area contributed by atoms with Crippen LogP contribution in [0.1, 0.15) is 40.6 Å². The van der Waals surface area contributed by atoms with Crippen molar-refractivity contribution in [1.82, 2.24) is 0 Å². The minimum Gasteiger partial charge on any atom is -0.201 e. The third-order valence-corrected chi connectivity index (χ3v) is 12.8. The molecular weight excluding hydrogens is 627 g/mol. The Morgan fingerprint density at radius 1 is 0.500 bits per heavy atom. The second-order valence-electron chi connectivity index (χ2n) is 14.3. The molecule has 2 atom stereocenters. The number of benzene rings is 4. The van der Waals surface area contributed by atoms with Crippen molar-refractivity contribution >= 4 is 31.5 Å². The Morgan fingerprint density at radius 3 is 1.84 bits per heavy atom. The highest BCUT2D eigenvalue weighted by atomic mass is 32.1. The number of hydrogen-bond donors (Lipinski definition) is 0. The minimum atomic E-state index is -0.628. The van der Waals surface area contributed by atoms with Crippen molar-refractivity contribution in [3.8, 4) is 33.8 Å². The standard InChI is InChI=1S/C46H38N3S/c1-29-24-25-47(5)42(26-29)36-27-35-32-16-8-11-23-43(32)50-44(35)28-39(36)45(4)46(37-19-9-6-17-33(37)40-21-12-14-30(2)48(40)45)38-20-10-7-18-34(38)41-22-13-15-31(3)49(41)46/h6-28H,1-5H3/q+3. The monoisotopic (exact) mass is 664 g/mol. The Bertz CT molecular complexity index is 2740. The molecule has 4 aromatic heterocycles. The molecular formula is C46H38N3S+3. The number of hydrogen-bond acceptors (Lipinski definition) is 1. The van der Waals surface area contributed by atoms with Crippen LogP contribution >= 0.6 is 11.3 Å². The summed E-state index contributed by atoms with van der Waals surface area (Å²) in [6.07, 6.45) is 2.21. The van der Waals surface area contributed by atoms with Crippen molar-refractivity contribution in [1.29, 1.82) is 0 Å². The molecule has 240 valence electrons. The van der Waals surface area contributed by atoms with E-state index in [1.807, 2.05) is 11.3 Å². The van der Waals surface area contributed by atoms with Crippen LogP contribution in [0.15, 0.2) is 140 Å². The molecule has 0 N–H and O–H groups in total. The molecule has 3 nitrogen and oxygen atoms in total. The highest BCUT2D eigenvalue weighted by Crippen LogP contribution is 2.58. The van der Waals surface area contributed by atoms with Gasteiger partial charge in [0.25, 0.3) is 11.1 Å². The van der Waals surface area contributed by atoms with Gasteiger partial charge in [-0.15, -0.1) is 11.3 Å². The van der Waals surface area contributed by atoms with Gasteiger partial charge in [-0.05, 0) is 55.0 Å². The molecule has 0 aliphatic carbocycles. The van der Waals surface area contributed by atoms with Gasteiger partial charge in [0, 0.05) is 94.0 Å². The fourth-order valence-electron chi connectivity index (χ4n) is 9.67. The summed E-state index contributed by atoms with van der Waals surface area (Å²) >= 11 is 1.90. The topological polar surface area (TPSA) is 11.6 Å². The van der Waals surface area contributed by atoms with E-state index in [4.69, 9.17) is 0 Å². The first kappa shape index (κ1) is 29.5. The summed E-state index contributed by atoms with van der Waals surface area (Å²) in [6.45, 7) is 9.31. The molecule has 10 rings (SSSR count). The van der Waals surface area contributed by atoms with Crippen LogP contribution in [0.3, 0.4) is 0 Å². The van der Waals surface area contributed by atoms with E-state index in [2.05, 4.69) is 188 Å². The van der Waals surface area contributed by atoms with Gasteiger partial charge in [-0.1, -0.05) is 54.6 Å². The van der Waals surface area contributed by atoms with Crippen LogP contribution in [0.25, 0.3) is 53.9 Å². The highest BCUT2D eigenvalue weighted by Gasteiger charge is 2.74. The summed E-state index contributed by atoms with van der Waals surface area (Å²) in [5, 5.41) is 2.63. The minimum absolute atomic E-state index is 0.619. The molecule has 4 heteroatoms. The molecule has 1 spiro atoms. The number of thiophene rings is 1. The summed E-state index contributed by atoms with van der Waals surface area (Å²) < 4.78 is 10.3. The first-order valence-corrected chi connectivity index (χ1v) is 18.3. The molecule has 50 heavy (non-hydrogen) atoms. The lowest BCUT2D eigenvalue weighted by Crippen LogP contribution is -2.79. The number of aromatic nitrogens is 3. The molecule has 2 aliphatic heterocycles.